The van der Waals surface area contributed by atoms with Gasteiger partial charge in [-0.05, 0) is 57.2 Å². The lowest BCUT2D eigenvalue weighted by molar-refractivity contribution is 0.0197. The number of benzene rings is 1. The predicted octanol–water partition coefficient (Wildman–Crippen LogP) is 4.33. The number of piperidine rings is 1. The van der Waals surface area contributed by atoms with Crippen molar-refractivity contribution in [3.05, 3.63) is 35.9 Å². The number of methoxy groups -OCH3 is 1. The minimum Gasteiger partial charge on any atom is -0.468 e. The van der Waals surface area contributed by atoms with E-state index in [1.54, 1.807) is 12.0 Å². The van der Waals surface area contributed by atoms with Crippen molar-refractivity contribution in [2.75, 3.05) is 27.0 Å². The van der Waals surface area contributed by atoms with Gasteiger partial charge in [0, 0.05) is 20.2 Å². The predicted molar refractivity (Wildman–Crippen MR) is 98.5 cm³/mol. The molecule has 1 aliphatic rings. The van der Waals surface area contributed by atoms with Crippen LogP contribution in [0.3, 0.4) is 0 Å². The highest BCUT2D eigenvalue weighted by Crippen LogP contribution is 2.22. The van der Waals surface area contributed by atoms with E-state index in [1.165, 1.54) is 0 Å². The number of rotatable bonds is 5. The molecule has 1 aromatic carbocycles. The highest BCUT2D eigenvalue weighted by molar-refractivity contribution is 5.68. The monoisotopic (exact) mass is 347 g/mol. The van der Waals surface area contributed by atoms with Gasteiger partial charge in [-0.25, -0.2) is 4.79 Å². The molecule has 138 valence electrons. The first-order valence-corrected chi connectivity index (χ1v) is 8.75. The lowest BCUT2D eigenvalue weighted by Crippen LogP contribution is -2.41. The van der Waals surface area contributed by atoms with Gasteiger partial charge in [-0.2, -0.15) is 0 Å². The van der Waals surface area contributed by atoms with Crippen molar-refractivity contribution in [2.45, 2.75) is 39.2 Å². The zero-order valence-electron chi connectivity index (χ0n) is 15.7. The Bertz CT molecular complexity index is 584. The number of hydrogen-bond acceptors (Lipinski definition) is 4. The van der Waals surface area contributed by atoms with Crippen molar-refractivity contribution in [3.8, 4) is 5.75 Å². The molecule has 0 aliphatic carbocycles. The number of carbonyl (C=O) groups excluding carboxylic acids is 1. The third kappa shape index (κ3) is 6.78. The molecule has 1 aromatic rings. The molecule has 5 nitrogen and oxygen atoms in total. The fraction of sp³-hybridized carbons (Fsp3) is 0.550. The van der Waals surface area contributed by atoms with Crippen LogP contribution in [0.4, 0.5) is 4.79 Å². The molecule has 0 radical (unpaired) electrons. The molecule has 0 atom stereocenters. The summed E-state index contributed by atoms with van der Waals surface area (Å²) in [5, 5.41) is 0. The fourth-order valence-corrected chi connectivity index (χ4v) is 2.68. The molecular formula is C20H29NO4. The maximum atomic E-state index is 12.1. The molecule has 0 spiro atoms. The summed E-state index contributed by atoms with van der Waals surface area (Å²) in [7, 11) is 1.60. The van der Waals surface area contributed by atoms with Gasteiger partial charge in [-0.3, -0.25) is 0 Å². The van der Waals surface area contributed by atoms with Crippen LogP contribution in [0, 0.1) is 5.92 Å². The summed E-state index contributed by atoms with van der Waals surface area (Å²) in [4.78, 5) is 13.9. The smallest absolute Gasteiger partial charge is 0.410 e. The van der Waals surface area contributed by atoms with Gasteiger partial charge in [0.1, 0.15) is 11.4 Å². The molecule has 25 heavy (non-hydrogen) atoms. The van der Waals surface area contributed by atoms with Crippen molar-refractivity contribution in [1.82, 2.24) is 4.90 Å². The lowest BCUT2D eigenvalue weighted by Gasteiger charge is -2.32. The van der Waals surface area contributed by atoms with Gasteiger partial charge >= 0.3 is 6.09 Å². The highest BCUT2D eigenvalue weighted by Gasteiger charge is 2.25. The van der Waals surface area contributed by atoms with Crippen molar-refractivity contribution < 1.29 is 19.0 Å². The van der Waals surface area contributed by atoms with E-state index < -0.39 is 5.60 Å². The molecule has 0 N–H and O–H groups in total. The Morgan fingerprint density at radius 3 is 2.64 bits per heavy atom. The van der Waals surface area contributed by atoms with Crippen molar-refractivity contribution >= 4 is 12.2 Å². The number of hydrogen-bond donors (Lipinski definition) is 0. The van der Waals surface area contributed by atoms with Gasteiger partial charge < -0.3 is 19.1 Å². The zero-order valence-corrected chi connectivity index (χ0v) is 15.7. The standard InChI is InChI=1S/C20H29NO4/c1-20(2,3)25-19(22)21-12-10-16(11-13-21)8-9-17-6-5-7-18(14-17)24-15-23-4/h5-9,14,16H,10-13,15H2,1-4H3. The largest absolute Gasteiger partial charge is 0.468 e. The topological polar surface area (TPSA) is 48.0 Å². The number of ether oxygens (including phenoxy) is 3. The number of amides is 1. The molecule has 5 heteroatoms. The summed E-state index contributed by atoms with van der Waals surface area (Å²) in [6, 6.07) is 7.92. The van der Waals surface area contributed by atoms with Gasteiger partial charge in [0.15, 0.2) is 6.79 Å². The average molecular weight is 347 g/mol. The number of allylic oxidation sites excluding steroid dienone is 1. The van der Waals surface area contributed by atoms with E-state index in [0.29, 0.717) is 5.92 Å². The number of nitrogens with zero attached hydrogens (tertiary/aromatic N) is 1. The lowest BCUT2D eigenvalue weighted by atomic mass is 9.96. The molecule has 1 saturated heterocycles. The van der Waals surface area contributed by atoms with Gasteiger partial charge in [0.05, 0.1) is 0 Å². The second-order valence-corrected chi connectivity index (χ2v) is 7.29. The molecular weight excluding hydrogens is 318 g/mol. The van der Waals surface area contributed by atoms with E-state index >= 15 is 0 Å². The molecule has 1 fully saturated rings. The van der Waals surface area contributed by atoms with Gasteiger partial charge in [-0.15, -0.1) is 0 Å². The van der Waals surface area contributed by atoms with Crippen LogP contribution in [0.25, 0.3) is 6.08 Å². The van der Waals surface area contributed by atoms with E-state index in [-0.39, 0.29) is 12.9 Å². The number of carbonyl (C=O) groups is 1. The van der Waals surface area contributed by atoms with Crippen LogP contribution in [0.2, 0.25) is 0 Å². The Labute approximate surface area is 150 Å². The van der Waals surface area contributed by atoms with Gasteiger partial charge in [0.25, 0.3) is 0 Å². The molecule has 0 unspecified atom stereocenters. The van der Waals surface area contributed by atoms with Crippen molar-refractivity contribution in [2.24, 2.45) is 5.92 Å². The highest BCUT2D eigenvalue weighted by atomic mass is 16.7. The van der Waals surface area contributed by atoms with E-state index in [2.05, 4.69) is 12.2 Å². The first kappa shape index (κ1) is 19.3. The molecule has 0 bridgehead atoms. The average Bonchev–Trinajstić information content (AvgIpc) is 2.57. The SMILES string of the molecule is COCOc1cccc(C=CC2CCN(C(=O)OC(C)(C)C)CC2)c1. The first-order valence-electron chi connectivity index (χ1n) is 8.75. The summed E-state index contributed by atoms with van der Waals surface area (Å²) in [5.74, 6) is 1.27. The van der Waals surface area contributed by atoms with E-state index in [0.717, 1.165) is 37.2 Å². The first-order chi connectivity index (χ1) is 11.9. The van der Waals surface area contributed by atoms with Crippen molar-refractivity contribution in [1.29, 1.82) is 0 Å². The van der Waals surface area contributed by atoms with Crippen LogP contribution in [0.15, 0.2) is 30.3 Å². The van der Waals surface area contributed by atoms with Crippen LogP contribution >= 0.6 is 0 Å². The minimum absolute atomic E-state index is 0.210. The zero-order chi connectivity index (χ0) is 18.3. The quantitative estimate of drug-likeness (QED) is 0.744. The third-order valence-corrected chi connectivity index (χ3v) is 3.95. The Balaban J connectivity index is 1.83. The molecule has 1 amide bonds. The molecule has 1 heterocycles. The van der Waals surface area contributed by atoms with Crippen LogP contribution in [0.1, 0.15) is 39.2 Å². The number of likely N-dealkylation sites (tertiary alicyclic amines) is 1. The van der Waals surface area contributed by atoms with Crippen LogP contribution in [-0.2, 0) is 9.47 Å². The Morgan fingerprint density at radius 2 is 2.00 bits per heavy atom. The Morgan fingerprint density at radius 1 is 1.28 bits per heavy atom. The summed E-state index contributed by atoms with van der Waals surface area (Å²) in [6.07, 6.45) is 6.04. The second-order valence-electron chi connectivity index (χ2n) is 7.29. The normalized spacial score (nSPS) is 16.2. The summed E-state index contributed by atoms with van der Waals surface area (Å²) in [5.41, 5.74) is 0.659. The van der Waals surface area contributed by atoms with E-state index in [1.807, 2.05) is 45.0 Å². The fourth-order valence-electron chi connectivity index (χ4n) is 2.68. The maximum Gasteiger partial charge on any atom is 0.410 e. The summed E-state index contributed by atoms with van der Waals surface area (Å²) in [6.45, 7) is 7.40. The van der Waals surface area contributed by atoms with E-state index in [4.69, 9.17) is 14.2 Å². The molecule has 0 saturated carbocycles. The Hall–Kier alpha value is -2.01. The minimum atomic E-state index is -0.441. The van der Waals surface area contributed by atoms with Gasteiger partial charge in [-0.1, -0.05) is 24.3 Å². The summed E-state index contributed by atoms with van der Waals surface area (Å²) >= 11 is 0. The van der Waals surface area contributed by atoms with Crippen LogP contribution < -0.4 is 4.74 Å². The van der Waals surface area contributed by atoms with Gasteiger partial charge in [0.2, 0.25) is 0 Å². The molecule has 2 rings (SSSR count). The summed E-state index contributed by atoms with van der Waals surface area (Å²) < 4.78 is 15.8. The molecule has 0 aromatic heterocycles. The van der Waals surface area contributed by atoms with E-state index in [9.17, 15) is 4.79 Å². The van der Waals surface area contributed by atoms with Crippen LogP contribution in [-0.4, -0.2) is 43.6 Å². The molecule has 1 aliphatic heterocycles. The Kier molecular flexibility index (Phi) is 6.88. The van der Waals surface area contributed by atoms with Crippen LogP contribution in [0.5, 0.6) is 5.75 Å². The second kappa shape index (κ2) is 8.90. The maximum absolute atomic E-state index is 12.1. The van der Waals surface area contributed by atoms with Crippen molar-refractivity contribution in [3.63, 3.8) is 0 Å². The third-order valence-electron chi connectivity index (χ3n) is 3.95.